The van der Waals surface area contributed by atoms with Crippen molar-refractivity contribution in [3.63, 3.8) is 0 Å². The molecule has 0 spiro atoms. The zero-order valence-corrected chi connectivity index (χ0v) is 19.6. The van der Waals surface area contributed by atoms with Crippen LogP contribution < -0.4 is 14.2 Å². The Morgan fingerprint density at radius 2 is 1.21 bits per heavy atom. The van der Waals surface area contributed by atoms with Gasteiger partial charge in [0.1, 0.15) is 23.9 Å². The first-order chi connectivity index (χ1) is 16.4. The number of esters is 2. The summed E-state index contributed by atoms with van der Waals surface area (Å²) >= 11 is 0. The van der Waals surface area contributed by atoms with Gasteiger partial charge in [0.05, 0.1) is 14.2 Å². The molecule has 3 aromatic rings. The molecule has 0 N–H and O–H groups in total. The number of carbonyl (C=O) groups excluding carboxylic acids is 2. The van der Waals surface area contributed by atoms with Gasteiger partial charge in [0.15, 0.2) is 12.2 Å². The number of hydrogen-bond donors (Lipinski definition) is 0. The van der Waals surface area contributed by atoms with E-state index in [0.717, 1.165) is 5.56 Å². The van der Waals surface area contributed by atoms with Crippen molar-refractivity contribution in [2.75, 3.05) is 14.2 Å². The highest BCUT2D eigenvalue weighted by Crippen LogP contribution is 2.39. The number of carbonyl (C=O) groups is 2. The van der Waals surface area contributed by atoms with Crippen LogP contribution in [0.15, 0.2) is 72.8 Å². The van der Waals surface area contributed by atoms with Crippen LogP contribution in [0.5, 0.6) is 17.2 Å². The number of methoxy groups -OCH3 is 2. The average molecular weight is 465 g/mol. The van der Waals surface area contributed by atoms with Crippen molar-refractivity contribution < 1.29 is 33.3 Å². The molecule has 2 atom stereocenters. The molecule has 0 saturated heterocycles. The average Bonchev–Trinajstić information content (AvgIpc) is 2.85. The fourth-order valence-corrected chi connectivity index (χ4v) is 3.46. The van der Waals surface area contributed by atoms with Gasteiger partial charge in [-0.15, -0.1) is 0 Å². The number of rotatable bonds is 10. The summed E-state index contributed by atoms with van der Waals surface area (Å²) in [6, 6.07) is 22.1. The van der Waals surface area contributed by atoms with Gasteiger partial charge in [-0.2, -0.15) is 0 Å². The van der Waals surface area contributed by atoms with E-state index in [4.69, 9.17) is 23.7 Å². The Bertz CT molecular complexity index is 1070. The topological polar surface area (TPSA) is 80.3 Å². The van der Waals surface area contributed by atoms with Crippen LogP contribution in [-0.4, -0.2) is 26.2 Å². The van der Waals surface area contributed by atoms with Crippen molar-refractivity contribution in [3.8, 4) is 17.2 Å². The zero-order valence-electron chi connectivity index (χ0n) is 19.6. The normalized spacial score (nSPS) is 12.2. The van der Waals surface area contributed by atoms with Gasteiger partial charge in [0.2, 0.25) is 0 Å². The van der Waals surface area contributed by atoms with Crippen LogP contribution in [-0.2, 0) is 25.7 Å². The smallest absolute Gasteiger partial charge is 0.303 e. The largest absolute Gasteiger partial charge is 0.497 e. The summed E-state index contributed by atoms with van der Waals surface area (Å²) in [5, 5.41) is 0. The van der Waals surface area contributed by atoms with Crippen molar-refractivity contribution in [3.05, 3.63) is 89.5 Å². The number of benzene rings is 3. The molecule has 3 rings (SSSR count). The SMILES string of the molecule is COc1cc(OC)cc(C(OC(C)=O)C(OC(C)=O)c2ccc(OCc3ccccc3)cc2)c1. The van der Waals surface area contributed by atoms with Gasteiger partial charge in [-0.05, 0) is 35.4 Å². The molecule has 0 saturated carbocycles. The highest BCUT2D eigenvalue weighted by atomic mass is 16.6. The van der Waals surface area contributed by atoms with Gasteiger partial charge in [-0.3, -0.25) is 9.59 Å². The standard InChI is InChI=1S/C27H28O7/c1-18(28)33-26(21-10-12-23(13-11-21)32-17-20-8-6-5-7-9-20)27(34-19(2)29)22-14-24(30-3)16-25(15-22)31-4/h5-16,26-27H,17H2,1-4H3. The number of hydrogen-bond acceptors (Lipinski definition) is 7. The van der Waals surface area contributed by atoms with Gasteiger partial charge < -0.3 is 23.7 Å². The van der Waals surface area contributed by atoms with E-state index in [-0.39, 0.29) is 0 Å². The van der Waals surface area contributed by atoms with E-state index >= 15 is 0 Å². The molecule has 0 aliphatic rings. The van der Waals surface area contributed by atoms with E-state index < -0.39 is 24.1 Å². The van der Waals surface area contributed by atoms with Crippen molar-refractivity contribution >= 4 is 11.9 Å². The van der Waals surface area contributed by atoms with Crippen molar-refractivity contribution in [2.45, 2.75) is 32.7 Å². The minimum absolute atomic E-state index is 0.424. The molecule has 7 heteroatoms. The molecule has 0 bridgehead atoms. The fourth-order valence-electron chi connectivity index (χ4n) is 3.46. The maximum Gasteiger partial charge on any atom is 0.303 e. The Balaban J connectivity index is 1.92. The second kappa shape index (κ2) is 11.7. The Morgan fingerprint density at radius 1 is 0.676 bits per heavy atom. The van der Waals surface area contributed by atoms with Gasteiger partial charge in [0.25, 0.3) is 0 Å². The highest BCUT2D eigenvalue weighted by molar-refractivity contribution is 5.68. The lowest BCUT2D eigenvalue weighted by Gasteiger charge is -2.27. The van der Waals surface area contributed by atoms with Crippen LogP contribution in [0.3, 0.4) is 0 Å². The molecular weight excluding hydrogens is 436 g/mol. The van der Waals surface area contributed by atoms with Gasteiger partial charge >= 0.3 is 11.9 Å². The lowest BCUT2D eigenvalue weighted by molar-refractivity contribution is -0.166. The van der Waals surface area contributed by atoms with E-state index in [2.05, 4.69) is 0 Å². The Kier molecular flexibility index (Phi) is 8.51. The minimum Gasteiger partial charge on any atom is -0.497 e. The lowest BCUT2D eigenvalue weighted by Crippen LogP contribution is -2.21. The first-order valence-corrected chi connectivity index (χ1v) is 10.7. The summed E-state index contributed by atoms with van der Waals surface area (Å²) in [5.41, 5.74) is 2.24. The summed E-state index contributed by atoms with van der Waals surface area (Å²) in [6.07, 6.45) is -1.83. The van der Waals surface area contributed by atoms with Crippen LogP contribution in [0.25, 0.3) is 0 Å². The summed E-state index contributed by atoms with van der Waals surface area (Å²) in [6.45, 7) is 3.03. The van der Waals surface area contributed by atoms with Gasteiger partial charge in [-0.1, -0.05) is 42.5 Å². The Hall–Kier alpha value is -4.00. The summed E-state index contributed by atoms with van der Waals surface area (Å²) in [4.78, 5) is 24.0. The summed E-state index contributed by atoms with van der Waals surface area (Å²) in [7, 11) is 3.05. The van der Waals surface area contributed by atoms with Crippen molar-refractivity contribution in [1.29, 1.82) is 0 Å². The van der Waals surface area contributed by atoms with E-state index in [1.807, 2.05) is 30.3 Å². The van der Waals surface area contributed by atoms with E-state index in [1.165, 1.54) is 28.1 Å². The third-order valence-electron chi connectivity index (χ3n) is 5.02. The molecule has 0 aliphatic carbocycles. The van der Waals surface area contributed by atoms with E-state index in [1.54, 1.807) is 42.5 Å². The Morgan fingerprint density at radius 3 is 1.71 bits per heavy atom. The summed E-state index contributed by atoms with van der Waals surface area (Å²) < 4.78 is 27.8. The zero-order chi connectivity index (χ0) is 24.5. The van der Waals surface area contributed by atoms with Gasteiger partial charge in [0, 0.05) is 25.5 Å². The van der Waals surface area contributed by atoms with E-state index in [0.29, 0.717) is 35.0 Å². The summed E-state index contributed by atoms with van der Waals surface area (Å²) in [5.74, 6) is 0.643. The Labute approximate surface area is 199 Å². The molecule has 7 nitrogen and oxygen atoms in total. The maximum absolute atomic E-state index is 12.0. The first-order valence-electron chi connectivity index (χ1n) is 10.7. The van der Waals surface area contributed by atoms with Gasteiger partial charge in [-0.25, -0.2) is 0 Å². The molecule has 0 heterocycles. The molecular formula is C27H28O7. The molecule has 0 amide bonds. The third-order valence-corrected chi connectivity index (χ3v) is 5.02. The molecule has 34 heavy (non-hydrogen) atoms. The fraction of sp³-hybridized carbons (Fsp3) is 0.259. The van der Waals surface area contributed by atoms with Crippen molar-refractivity contribution in [1.82, 2.24) is 0 Å². The number of ether oxygens (including phenoxy) is 5. The molecule has 0 fully saturated rings. The van der Waals surface area contributed by atoms with Crippen LogP contribution >= 0.6 is 0 Å². The predicted octanol–water partition coefficient (Wildman–Crippen LogP) is 5.19. The van der Waals surface area contributed by atoms with Crippen LogP contribution in [0, 0.1) is 0 Å². The molecule has 178 valence electrons. The predicted molar refractivity (Wildman–Crippen MR) is 126 cm³/mol. The third kappa shape index (κ3) is 6.75. The van der Waals surface area contributed by atoms with Crippen molar-refractivity contribution in [2.24, 2.45) is 0 Å². The quantitative estimate of drug-likeness (QED) is 0.382. The second-order valence-corrected chi connectivity index (χ2v) is 7.55. The van der Waals surface area contributed by atoms with E-state index in [9.17, 15) is 9.59 Å². The molecule has 3 aromatic carbocycles. The molecule has 0 aromatic heterocycles. The minimum atomic E-state index is -0.929. The van der Waals surface area contributed by atoms with Crippen LogP contribution in [0.2, 0.25) is 0 Å². The first kappa shape index (κ1) is 24.6. The van der Waals surface area contributed by atoms with Crippen LogP contribution in [0.1, 0.15) is 42.7 Å². The molecule has 0 aliphatic heterocycles. The second-order valence-electron chi connectivity index (χ2n) is 7.55. The maximum atomic E-state index is 12.0. The molecule has 0 radical (unpaired) electrons. The van der Waals surface area contributed by atoms with Crippen LogP contribution in [0.4, 0.5) is 0 Å². The molecule has 2 unspecified atom stereocenters. The lowest BCUT2D eigenvalue weighted by atomic mass is 9.97. The highest BCUT2D eigenvalue weighted by Gasteiger charge is 2.31. The monoisotopic (exact) mass is 464 g/mol.